The molecule has 0 saturated carbocycles. The smallest absolute Gasteiger partial charge is 0.273 e. The molecule has 2 aromatic carbocycles. The van der Waals surface area contributed by atoms with Gasteiger partial charge in [0.1, 0.15) is 5.82 Å². The van der Waals surface area contributed by atoms with Crippen molar-refractivity contribution in [3.63, 3.8) is 0 Å². The standard InChI is InChI=1S/C24H22FN5OS/c1-27-24(31)22-23(26)29-14-20(30-22)16-5-2-4-15(10-16)12-28-13-18-8-7-17(11-19(18)25)21-6-3-9-32-21/h2-11,14,28H,12-13H2,1H3,(H2,26,29)(H,27,31). The molecule has 0 fully saturated rings. The normalized spacial score (nSPS) is 10.8. The van der Waals surface area contributed by atoms with Gasteiger partial charge in [0.2, 0.25) is 0 Å². The van der Waals surface area contributed by atoms with Gasteiger partial charge in [-0.1, -0.05) is 36.4 Å². The molecule has 0 aliphatic carbocycles. The summed E-state index contributed by atoms with van der Waals surface area (Å²) in [6, 6.07) is 17.0. The van der Waals surface area contributed by atoms with Gasteiger partial charge in [-0.2, -0.15) is 0 Å². The highest BCUT2D eigenvalue weighted by molar-refractivity contribution is 7.13. The molecular weight excluding hydrogens is 425 g/mol. The van der Waals surface area contributed by atoms with Crippen molar-refractivity contribution in [3.05, 3.63) is 88.8 Å². The number of carbonyl (C=O) groups is 1. The molecule has 162 valence electrons. The zero-order valence-electron chi connectivity index (χ0n) is 17.4. The van der Waals surface area contributed by atoms with E-state index in [-0.39, 0.29) is 23.2 Å². The number of benzene rings is 2. The molecule has 1 amide bonds. The summed E-state index contributed by atoms with van der Waals surface area (Å²) < 4.78 is 14.5. The first-order valence-corrected chi connectivity index (χ1v) is 10.9. The molecular formula is C24H22FN5OS. The van der Waals surface area contributed by atoms with Gasteiger partial charge in [-0.15, -0.1) is 11.3 Å². The number of halogens is 1. The molecule has 0 spiro atoms. The lowest BCUT2D eigenvalue weighted by Gasteiger charge is -2.10. The van der Waals surface area contributed by atoms with Crippen molar-refractivity contribution < 1.29 is 9.18 Å². The Morgan fingerprint density at radius 2 is 1.97 bits per heavy atom. The van der Waals surface area contributed by atoms with Gasteiger partial charge in [-0.05, 0) is 34.7 Å². The van der Waals surface area contributed by atoms with E-state index in [9.17, 15) is 9.18 Å². The van der Waals surface area contributed by atoms with E-state index in [2.05, 4.69) is 20.6 Å². The number of anilines is 1. The second-order valence-electron chi connectivity index (χ2n) is 7.16. The summed E-state index contributed by atoms with van der Waals surface area (Å²) >= 11 is 1.59. The molecule has 0 aliphatic heterocycles. The summed E-state index contributed by atoms with van der Waals surface area (Å²) in [5.41, 5.74) is 9.72. The van der Waals surface area contributed by atoms with Crippen molar-refractivity contribution in [1.29, 1.82) is 0 Å². The fraction of sp³-hybridized carbons (Fsp3) is 0.125. The number of nitrogens with two attached hydrogens (primary N) is 1. The van der Waals surface area contributed by atoms with Crippen molar-refractivity contribution in [2.45, 2.75) is 13.1 Å². The summed E-state index contributed by atoms with van der Waals surface area (Å²) in [6.45, 7) is 0.952. The van der Waals surface area contributed by atoms with Crippen LogP contribution >= 0.6 is 11.3 Å². The Bertz CT molecular complexity index is 1240. The van der Waals surface area contributed by atoms with Gasteiger partial charge in [0, 0.05) is 36.1 Å². The highest BCUT2D eigenvalue weighted by Crippen LogP contribution is 2.26. The number of amides is 1. The monoisotopic (exact) mass is 447 g/mol. The maximum absolute atomic E-state index is 14.5. The fourth-order valence-corrected chi connectivity index (χ4v) is 4.02. The zero-order valence-corrected chi connectivity index (χ0v) is 18.2. The molecule has 32 heavy (non-hydrogen) atoms. The predicted octanol–water partition coefficient (Wildman–Crippen LogP) is 4.24. The van der Waals surface area contributed by atoms with Crippen LogP contribution in [0.25, 0.3) is 21.7 Å². The minimum Gasteiger partial charge on any atom is -0.382 e. The lowest BCUT2D eigenvalue weighted by molar-refractivity contribution is 0.0959. The number of carbonyl (C=O) groups excluding carboxylic acids is 1. The highest BCUT2D eigenvalue weighted by atomic mass is 32.1. The third-order valence-corrected chi connectivity index (χ3v) is 5.89. The molecule has 0 bridgehead atoms. The van der Waals surface area contributed by atoms with Gasteiger partial charge < -0.3 is 16.4 Å². The van der Waals surface area contributed by atoms with Crippen LogP contribution in [-0.2, 0) is 13.1 Å². The van der Waals surface area contributed by atoms with Crippen molar-refractivity contribution in [3.8, 4) is 21.7 Å². The molecule has 0 radical (unpaired) electrons. The van der Waals surface area contributed by atoms with Gasteiger partial charge in [-0.3, -0.25) is 4.79 Å². The van der Waals surface area contributed by atoms with Crippen LogP contribution in [0.5, 0.6) is 0 Å². The first-order chi connectivity index (χ1) is 15.5. The Labute approximate surface area is 189 Å². The Kier molecular flexibility index (Phi) is 6.53. The van der Waals surface area contributed by atoms with Crippen LogP contribution in [0.4, 0.5) is 10.2 Å². The number of nitrogens with zero attached hydrogens (tertiary/aromatic N) is 2. The summed E-state index contributed by atoms with van der Waals surface area (Å²) in [5.74, 6) is -0.532. The quantitative estimate of drug-likeness (QED) is 0.394. The van der Waals surface area contributed by atoms with Gasteiger partial charge in [-0.25, -0.2) is 14.4 Å². The van der Waals surface area contributed by atoms with Crippen LogP contribution in [0.15, 0.2) is 66.2 Å². The van der Waals surface area contributed by atoms with Crippen molar-refractivity contribution in [1.82, 2.24) is 20.6 Å². The topological polar surface area (TPSA) is 92.9 Å². The number of hydrogen-bond acceptors (Lipinski definition) is 6. The van der Waals surface area contributed by atoms with E-state index in [0.29, 0.717) is 24.3 Å². The van der Waals surface area contributed by atoms with Crippen LogP contribution in [0.3, 0.4) is 0 Å². The molecule has 8 heteroatoms. The summed E-state index contributed by atoms with van der Waals surface area (Å²) in [4.78, 5) is 21.4. The Morgan fingerprint density at radius 3 is 2.72 bits per heavy atom. The molecule has 6 nitrogen and oxygen atoms in total. The molecule has 0 aliphatic rings. The molecule has 4 rings (SSSR count). The second kappa shape index (κ2) is 9.67. The number of thiophene rings is 1. The van der Waals surface area contributed by atoms with Crippen LogP contribution in [0.1, 0.15) is 21.6 Å². The lowest BCUT2D eigenvalue weighted by Crippen LogP contribution is -2.21. The van der Waals surface area contributed by atoms with E-state index in [0.717, 1.165) is 21.6 Å². The number of nitrogen functional groups attached to an aromatic ring is 1. The number of aromatic nitrogens is 2. The Hall–Kier alpha value is -3.62. The predicted molar refractivity (Wildman–Crippen MR) is 126 cm³/mol. The van der Waals surface area contributed by atoms with Crippen LogP contribution in [0.2, 0.25) is 0 Å². The third-order valence-electron chi connectivity index (χ3n) is 4.97. The molecule has 2 heterocycles. The van der Waals surface area contributed by atoms with E-state index in [1.54, 1.807) is 23.6 Å². The van der Waals surface area contributed by atoms with Crippen molar-refractivity contribution in [2.24, 2.45) is 0 Å². The Morgan fingerprint density at radius 1 is 1.09 bits per heavy atom. The first-order valence-electron chi connectivity index (χ1n) is 10.0. The Balaban J connectivity index is 1.44. The molecule has 2 aromatic heterocycles. The van der Waals surface area contributed by atoms with Crippen LogP contribution in [-0.4, -0.2) is 22.9 Å². The van der Waals surface area contributed by atoms with Crippen LogP contribution in [0, 0.1) is 5.82 Å². The van der Waals surface area contributed by atoms with Gasteiger partial charge in [0.05, 0.1) is 11.9 Å². The van der Waals surface area contributed by atoms with E-state index in [1.165, 1.54) is 7.05 Å². The lowest BCUT2D eigenvalue weighted by atomic mass is 10.1. The van der Waals surface area contributed by atoms with E-state index in [1.807, 2.05) is 53.9 Å². The third kappa shape index (κ3) is 4.82. The maximum Gasteiger partial charge on any atom is 0.273 e. The molecule has 0 atom stereocenters. The molecule has 0 unspecified atom stereocenters. The van der Waals surface area contributed by atoms with E-state index < -0.39 is 0 Å². The summed E-state index contributed by atoms with van der Waals surface area (Å²) in [7, 11) is 1.51. The van der Waals surface area contributed by atoms with Gasteiger partial charge in [0.15, 0.2) is 11.5 Å². The van der Waals surface area contributed by atoms with Gasteiger partial charge >= 0.3 is 0 Å². The summed E-state index contributed by atoms with van der Waals surface area (Å²) in [6.07, 6.45) is 1.54. The van der Waals surface area contributed by atoms with Crippen molar-refractivity contribution >= 4 is 23.1 Å². The van der Waals surface area contributed by atoms with Gasteiger partial charge in [0.25, 0.3) is 5.91 Å². The fourth-order valence-electron chi connectivity index (χ4n) is 3.29. The maximum atomic E-state index is 14.5. The van der Waals surface area contributed by atoms with E-state index in [4.69, 9.17) is 5.73 Å². The molecule has 4 N–H and O–H groups in total. The largest absolute Gasteiger partial charge is 0.382 e. The minimum absolute atomic E-state index is 0.0815. The first kappa shape index (κ1) is 21.6. The SMILES string of the molecule is CNC(=O)c1nc(-c2cccc(CNCc3ccc(-c4cccs4)cc3F)c2)cnc1N. The number of rotatable bonds is 7. The molecule has 4 aromatic rings. The molecule has 0 saturated heterocycles. The highest BCUT2D eigenvalue weighted by Gasteiger charge is 2.13. The zero-order chi connectivity index (χ0) is 22.5. The second-order valence-corrected chi connectivity index (χ2v) is 8.10. The van der Waals surface area contributed by atoms with E-state index >= 15 is 0 Å². The average molecular weight is 448 g/mol. The number of hydrogen-bond donors (Lipinski definition) is 3. The van der Waals surface area contributed by atoms with Crippen LogP contribution < -0.4 is 16.4 Å². The number of nitrogens with one attached hydrogen (secondary N) is 2. The van der Waals surface area contributed by atoms with Crippen molar-refractivity contribution in [2.75, 3.05) is 12.8 Å². The minimum atomic E-state index is -0.387. The average Bonchev–Trinajstić information content (AvgIpc) is 3.35. The summed E-state index contributed by atoms with van der Waals surface area (Å²) in [5, 5.41) is 7.77.